The van der Waals surface area contributed by atoms with Crippen LogP contribution in [0.3, 0.4) is 0 Å². The number of methoxy groups -OCH3 is 1. The topological polar surface area (TPSA) is 87.9 Å². The first-order valence-electron chi connectivity index (χ1n) is 6.88. The zero-order valence-electron chi connectivity index (χ0n) is 12.4. The molecular weight excluding hydrogens is 274 g/mol. The average Bonchev–Trinajstić information content (AvgIpc) is 2.51. The number of benzene rings is 1. The van der Waals surface area contributed by atoms with E-state index in [1.165, 1.54) is 25.3 Å². The second kappa shape index (κ2) is 8.97. The highest BCUT2D eigenvalue weighted by molar-refractivity contribution is 5.90. The Morgan fingerprint density at radius 1 is 1.19 bits per heavy atom. The van der Waals surface area contributed by atoms with Gasteiger partial charge in [-0.05, 0) is 24.6 Å². The molecule has 2 N–H and O–H groups in total. The highest BCUT2D eigenvalue weighted by Crippen LogP contribution is 2.28. The van der Waals surface area contributed by atoms with E-state index in [2.05, 4.69) is 6.92 Å². The molecule has 0 aromatic heterocycles. The van der Waals surface area contributed by atoms with Crippen molar-refractivity contribution >= 4 is 11.9 Å². The van der Waals surface area contributed by atoms with Crippen LogP contribution < -0.4 is 15.2 Å². The van der Waals surface area contributed by atoms with Crippen LogP contribution in [-0.4, -0.2) is 32.2 Å². The van der Waals surface area contributed by atoms with E-state index in [-0.39, 0.29) is 18.0 Å². The van der Waals surface area contributed by atoms with Gasteiger partial charge in [0.2, 0.25) is 0 Å². The number of esters is 2. The Morgan fingerprint density at radius 3 is 2.57 bits per heavy atom. The SMILES string of the molecule is CCCCCOC(=O)c1ccc(OC(=O)CN)c(OC)c1. The average molecular weight is 295 g/mol. The smallest absolute Gasteiger partial charge is 0.338 e. The summed E-state index contributed by atoms with van der Waals surface area (Å²) in [7, 11) is 1.42. The van der Waals surface area contributed by atoms with Crippen LogP contribution >= 0.6 is 0 Å². The number of hydrogen-bond acceptors (Lipinski definition) is 6. The molecule has 1 aromatic carbocycles. The standard InChI is InChI=1S/C15H21NO5/c1-3-4-5-8-20-15(18)11-6-7-12(13(9-11)19-2)21-14(17)10-16/h6-7,9H,3-5,8,10,16H2,1-2H3. The summed E-state index contributed by atoms with van der Waals surface area (Å²) >= 11 is 0. The van der Waals surface area contributed by atoms with Gasteiger partial charge in [0.15, 0.2) is 11.5 Å². The first-order valence-corrected chi connectivity index (χ1v) is 6.88. The van der Waals surface area contributed by atoms with Crippen molar-refractivity contribution in [2.75, 3.05) is 20.3 Å². The van der Waals surface area contributed by atoms with Crippen LogP contribution in [0.25, 0.3) is 0 Å². The molecule has 0 aliphatic carbocycles. The Kier molecular flexibility index (Phi) is 7.25. The third-order valence-electron chi connectivity index (χ3n) is 2.77. The van der Waals surface area contributed by atoms with E-state index in [9.17, 15) is 9.59 Å². The van der Waals surface area contributed by atoms with Crippen molar-refractivity contribution in [1.29, 1.82) is 0 Å². The van der Waals surface area contributed by atoms with E-state index >= 15 is 0 Å². The van der Waals surface area contributed by atoms with Gasteiger partial charge < -0.3 is 19.9 Å². The highest BCUT2D eigenvalue weighted by Gasteiger charge is 2.14. The number of hydrogen-bond donors (Lipinski definition) is 1. The molecule has 0 saturated heterocycles. The second-order valence-corrected chi connectivity index (χ2v) is 4.39. The Bertz CT molecular complexity index is 487. The van der Waals surface area contributed by atoms with E-state index in [1.54, 1.807) is 0 Å². The first-order chi connectivity index (χ1) is 10.1. The van der Waals surface area contributed by atoms with Crippen molar-refractivity contribution in [3.8, 4) is 11.5 Å². The fraction of sp³-hybridized carbons (Fsp3) is 0.467. The number of carbonyl (C=O) groups is 2. The highest BCUT2D eigenvalue weighted by atomic mass is 16.6. The predicted octanol–water partition coefficient (Wildman–Crippen LogP) is 1.91. The van der Waals surface area contributed by atoms with Gasteiger partial charge in [0, 0.05) is 0 Å². The summed E-state index contributed by atoms with van der Waals surface area (Å²) < 4.78 is 15.2. The summed E-state index contributed by atoms with van der Waals surface area (Å²) in [5.74, 6) is -0.514. The third-order valence-corrected chi connectivity index (χ3v) is 2.77. The van der Waals surface area contributed by atoms with E-state index in [4.69, 9.17) is 19.9 Å². The number of nitrogens with two attached hydrogens (primary N) is 1. The molecule has 0 unspecified atom stereocenters. The van der Waals surface area contributed by atoms with Crippen LogP contribution in [0.2, 0.25) is 0 Å². The monoisotopic (exact) mass is 295 g/mol. The van der Waals surface area contributed by atoms with Gasteiger partial charge in [-0.1, -0.05) is 19.8 Å². The molecule has 0 spiro atoms. The lowest BCUT2D eigenvalue weighted by Crippen LogP contribution is -2.19. The maximum absolute atomic E-state index is 11.9. The summed E-state index contributed by atoms with van der Waals surface area (Å²) in [4.78, 5) is 23.0. The molecule has 0 saturated carbocycles. The van der Waals surface area contributed by atoms with Crippen molar-refractivity contribution in [2.45, 2.75) is 26.2 Å². The first kappa shape index (κ1) is 17.0. The fourth-order valence-electron chi connectivity index (χ4n) is 1.64. The summed E-state index contributed by atoms with van der Waals surface area (Å²) in [6, 6.07) is 4.47. The van der Waals surface area contributed by atoms with Crippen molar-refractivity contribution < 1.29 is 23.8 Å². The lowest BCUT2D eigenvalue weighted by Gasteiger charge is -2.10. The Labute approximate surface area is 124 Å². The predicted molar refractivity (Wildman–Crippen MR) is 77.5 cm³/mol. The van der Waals surface area contributed by atoms with E-state index < -0.39 is 11.9 Å². The van der Waals surface area contributed by atoms with E-state index in [0.29, 0.717) is 12.2 Å². The molecule has 0 amide bonds. The number of carbonyl (C=O) groups excluding carboxylic acids is 2. The molecule has 0 heterocycles. The van der Waals surface area contributed by atoms with Crippen LogP contribution in [0.5, 0.6) is 11.5 Å². The van der Waals surface area contributed by atoms with E-state index in [1.807, 2.05) is 0 Å². The van der Waals surface area contributed by atoms with Gasteiger partial charge in [0.1, 0.15) is 0 Å². The van der Waals surface area contributed by atoms with Crippen LogP contribution in [0.1, 0.15) is 36.5 Å². The van der Waals surface area contributed by atoms with Crippen LogP contribution in [0.15, 0.2) is 18.2 Å². The molecular formula is C15H21NO5. The molecule has 0 fully saturated rings. The Balaban J connectivity index is 2.72. The lowest BCUT2D eigenvalue weighted by atomic mass is 10.2. The zero-order chi connectivity index (χ0) is 15.7. The van der Waals surface area contributed by atoms with Gasteiger partial charge in [0.25, 0.3) is 0 Å². The quantitative estimate of drug-likeness (QED) is 0.448. The largest absolute Gasteiger partial charge is 0.493 e. The third kappa shape index (κ3) is 5.43. The summed E-state index contributed by atoms with van der Waals surface area (Å²) in [5.41, 5.74) is 5.52. The van der Waals surface area contributed by atoms with Crippen molar-refractivity contribution in [3.05, 3.63) is 23.8 Å². The molecule has 21 heavy (non-hydrogen) atoms. The van der Waals surface area contributed by atoms with Gasteiger partial charge in [-0.3, -0.25) is 4.79 Å². The summed E-state index contributed by atoms with van der Waals surface area (Å²) in [5, 5.41) is 0. The van der Waals surface area contributed by atoms with Crippen LogP contribution in [0.4, 0.5) is 0 Å². The normalized spacial score (nSPS) is 10.0. The molecule has 1 rings (SSSR count). The molecule has 6 heteroatoms. The maximum Gasteiger partial charge on any atom is 0.338 e. The molecule has 0 atom stereocenters. The lowest BCUT2D eigenvalue weighted by molar-refractivity contribution is -0.132. The number of rotatable bonds is 8. The molecule has 0 bridgehead atoms. The fourth-order valence-corrected chi connectivity index (χ4v) is 1.64. The Morgan fingerprint density at radius 2 is 1.95 bits per heavy atom. The molecule has 6 nitrogen and oxygen atoms in total. The number of unbranched alkanes of at least 4 members (excludes halogenated alkanes) is 2. The minimum atomic E-state index is -0.580. The van der Waals surface area contributed by atoms with Gasteiger partial charge in [0.05, 0.1) is 25.8 Å². The molecule has 0 radical (unpaired) electrons. The molecule has 116 valence electrons. The number of ether oxygens (including phenoxy) is 3. The minimum absolute atomic E-state index is 0.218. The Hall–Kier alpha value is -2.08. The van der Waals surface area contributed by atoms with Crippen LogP contribution in [-0.2, 0) is 9.53 Å². The molecule has 0 aliphatic heterocycles. The van der Waals surface area contributed by atoms with Gasteiger partial charge in [-0.2, -0.15) is 0 Å². The molecule has 0 aliphatic rings. The van der Waals surface area contributed by atoms with Gasteiger partial charge in [-0.15, -0.1) is 0 Å². The second-order valence-electron chi connectivity index (χ2n) is 4.39. The van der Waals surface area contributed by atoms with Crippen LogP contribution in [0, 0.1) is 0 Å². The van der Waals surface area contributed by atoms with Crippen molar-refractivity contribution in [2.24, 2.45) is 5.73 Å². The minimum Gasteiger partial charge on any atom is -0.493 e. The summed E-state index contributed by atoms with van der Waals surface area (Å²) in [6.45, 7) is 2.23. The zero-order valence-corrected chi connectivity index (χ0v) is 12.4. The summed E-state index contributed by atoms with van der Waals surface area (Å²) in [6.07, 6.45) is 2.92. The maximum atomic E-state index is 11.9. The van der Waals surface area contributed by atoms with Crippen molar-refractivity contribution in [1.82, 2.24) is 0 Å². The molecule has 1 aromatic rings. The van der Waals surface area contributed by atoms with Crippen molar-refractivity contribution in [3.63, 3.8) is 0 Å². The van der Waals surface area contributed by atoms with Gasteiger partial charge >= 0.3 is 11.9 Å². The van der Waals surface area contributed by atoms with E-state index in [0.717, 1.165) is 19.3 Å². The van der Waals surface area contributed by atoms with Gasteiger partial charge in [-0.25, -0.2) is 4.79 Å².